The molecule has 9 heteroatoms. The molecule has 2 N–H and O–H groups in total. The Labute approximate surface area is 198 Å². The second-order valence-electron chi connectivity index (χ2n) is 8.89. The van der Waals surface area contributed by atoms with Crippen molar-refractivity contribution in [2.24, 2.45) is 0 Å². The maximum absolute atomic E-state index is 13.1. The van der Waals surface area contributed by atoms with Gasteiger partial charge in [-0.15, -0.1) is 0 Å². The van der Waals surface area contributed by atoms with E-state index in [2.05, 4.69) is 37.7 Å². The van der Waals surface area contributed by atoms with E-state index in [1.807, 2.05) is 18.2 Å². The van der Waals surface area contributed by atoms with Gasteiger partial charge < -0.3 is 19.9 Å². The van der Waals surface area contributed by atoms with Crippen LogP contribution in [0.3, 0.4) is 0 Å². The van der Waals surface area contributed by atoms with Crippen LogP contribution in [0.15, 0.2) is 42.9 Å². The summed E-state index contributed by atoms with van der Waals surface area (Å²) < 4.78 is 9.41. The lowest BCUT2D eigenvalue weighted by Crippen LogP contribution is -2.27. The van der Waals surface area contributed by atoms with Crippen LogP contribution in [0.1, 0.15) is 65.5 Å². The lowest BCUT2D eigenvalue weighted by molar-refractivity contribution is 0.0660. The van der Waals surface area contributed by atoms with Gasteiger partial charge >= 0.3 is 0 Å². The molecule has 5 rings (SSSR count). The zero-order valence-corrected chi connectivity index (χ0v) is 19.2. The molecular weight excluding hydrogens is 432 g/mol. The first-order valence-electron chi connectivity index (χ1n) is 12.1. The molecule has 0 aliphatic carbocycles. The van der Waals surface area contributed by atoms with Gasteiger partial charge in [-0.3, -0.25) is 14.3 Å². The fourth-order valence-corrected chi connectivity index (χ4v) is 4.49. The highest BCUT2D eigenvalue weighted by Crippen LogP contribution is 2.25. The number of aryl methyl sites for hydroxylation is 1. The van der Waals surface area contributed by atoms with E-state index in [0.717, 1.165) is 56.3 Å². The molecule has 0 radical (unpaired) electrons. The molecule has 34 heavy (non-hydrogen) atoms. The van der Waals surface area contributed by atoms with Crippen LogP contribution in [-0.2, 0) is 11.3 Å². The summed E-state index contributed by atoms with van der Waals surface area (Å²) >= 11 is 0. The lowest BCUT2D eigenvalue weighted by Gasteiger charge is -2.22. The van der Waals surface area contributed by atoms with Crippen LogP contribution in [0.4, 0.5) is 5.69 Å². The Morgan fingerprint density at radius 2 is 1.76 bits per heavy atom. The number of nitrogens with zero attached hydrogens (tertiary/aromatic N) is 4. The molecule has 178 valence electrons. The number of pyridine rings is 1. The van der Waals surface area contributed by atoms with Gasteiger partial charge in [0.1, 0.15) is 5.69 Å². The average molecular weight is 463 g/mol. The van der Waals surface area contributed by atoms with Crippen molar-refractivity contribution in [3.63, 3.8) is 0 Å². The molecule has 0 saturated carbocycles. The van der Waals surface area contributed by atoms with Crippen molar-refractivity contribution in [2.75, 3.05) is 25.1 Å². The van der Waals surface area contributed by atoms with Crippen LogP contribution in [-0.4, -0.2) is 50.9 Å². The van der Waals surface area contributed by atoms with Crippen molar-refractivity contribution in [2.45, 2.75) is 51.1 Å². The summed E-state index contributed by atoms with van der Waals surface area (Å²) in [5, 5.41) is 10.4. The largest absolute Gasteiger partial charge is 0.381 e. The van der Waals surface area contributed by atoms with E-state index in [-0.39, 0.29) is 29.2 Å². The second-order valence-corrected chi connectivity index (χ2v) is 8.89. The SMILES string of the molecule is O=C1Nc2cn(C3CCOCC3)nc2C(=O)NCCCCCCn2ccc(c2)-c2cccc1n2. The maximum atomic E-state index is 13.1. The molecule has 1 fully saturated rings. The molecule has 0 atom stereocenters. The van der Waals surface area contributed by atoms with Crippen molar-refractivity contribution in [3.05, 3.63) is 54.2 Å². The lowest BCUT2D eigenvalue weighted by atomic mass is 10.1. The molecule has 2 aliphatic heterocycles. The Balaban J connectivity index is 1.46. The highest BCUT2D eigenvalue weighted by Gasteiger charge is 2.24. The van der Waals surface area contributed by atoms with E-state index in [9.17, 15) is 9.59 Å². The van der Waals surface area contributed by atoms with E-state index in [1.54, 1.807) is 16.9 Å². The van der Waals surface area contributed by atoms with Gasteiger partial charge in [0, 0.05) is 50.5 Å². The predicted molar refractivity (Wildman–Crippen MR) is 128 cm³/mol. The summed E-state index contributed by atoms with van der Waals surface area (Å²) in [7, 11) is 0. The standard InChI is InChI=1S/C25H30N6O3/c32-24-21-7-5-6-20(27-21)18-8-13-30(16-18)12-4-2-1-3-11-26-25(33)23-22(28-24)17-31(29-23)19-9-14-34-15-10-19/h5-8,13,16-17,19H,1-4,9-12,14-15H2,(H,26,33)(H,28,32). The summed E-state index contributed by atoms with van der Waals surface area (Å²) in [5.41, 5.74) is 2.63. The van der Waals surface area contributed by atoms with Crippen molar-refractivity contribution >= 4 is 17.5 Å². The first kappa shape index (κ1) is 22.3. The molecule has 2 amide bonds. The number of rotatable bonds is 1. The molecule has 4 bridgehead atoms. The fourth-order valence-electron chi connectivity index (χ4n) is 4.49. The Morgan fingerprint density at radius 1 is 0.941 bits per heavy atom. The number of hydrogen-bond acceptors (Lipinski definition) is 5. The number of carbonyl (C=O) groups is 2. The first-order valence-corrected chi connectivity index (χ1v) is 12.1. The minimum Gasteiger partial charge on any atom is -0.381 e. The number of ether oxygens (including phenoxy) is 1. The summed E-state index contributed by atoms with van der Waals surface area (Å²) in [6, 6.07) is 7.56. The van der Waals surface area contributed by atoms with E-state index in [4.69, 9.17) is 4.74 Å². The number of carbonyl (C=O) groups excluding carboxylic acids is 2. The Kier molecular flexibility index (Phi) is 6.71. The fraction of sp³-hybridized carbons (Fsp3) is 0.440. The molecule has 3 aromatic rings. The van der Waals surface area contributed by atoms with E-state index >= 15 is 0 Å². The van der Waals surface area contributed by atoms with Crippen LogP contribution < -0.4 is 10.6 Å². The van der Waals surface area contributed by atoms with Crippen molar-refractivity contribution in [1.82, 2.24) is 24.6 Å². The molecule has 2 aliphatic rings. The molecule has 0 unspecified atom stereocenters. The van der Waals surface area contributed by atoms with Gasteiger partial charge in [0.25, 0.3) is 11.8 Å². The van der Waals surface area contributed by atoms with E-state index in [0.29, 0.717) is 25.4 Å². The van der Waals surface area contributed by atoms with Crippen LogP contribution in [0.25, 0.3) is 11.3 Å². The molecule has 0 spiro atoms. The van der Waals surface area contributed by atoms with Crippen molar-refractivity contribution < 1.29 is 14.3 Å². The number of anilines is 1. The average Bonchev–Trinajstić information content (AvgIpc) is 3.51. The summed E-state index contributed by atoms with van der Waals surface area (Å²) in [5.74, 6) is -0.648. The van der Waals surface area contributed by atoms with E-state index in [1.165, 1.54) is 0 Å². The Hall–Kier alpha value is -3.46. The van der Waals surface area contributed by atoms with Crippen LogP contribution >= 0.6 is 0 Å². The quantitative estimate of drug-likeness (QED) is 0.575. The predicted octanol–water partition coefficient (Wildman–Crippen LogP) is 3.65. The number of aromatic nitrogens is 4. The minimum absolute atomic E-state index is 0.137. The van der Waals surface area contributed by atoms with Gasteiger partial charge in [-0.05, 0) is 43.9 Å². The van der Waals surface area contributed by atoms with Crippen molar-refractivity contribution in [3.8, 4) is 11.3 Å². The Bertz CT molecular complexity index is 1160. The first-order chi connectivity index (χ1) is 16.7. The third kappa shape index (κ3) is 5.04. The number of fused-ring (bicyclic) bond motifs is 6. The monoisotopic (exact) mass is 462 g/mol. The normalized spacial score (nSPS) is 18.4. The van der Waals surface area contributed by atoms with Crippen LogP contribution in [0, 0.1) is 0 Å². The smallest absolute Gasteiger partial charge is 0.274 e. The minimum atomic E-state index is -0.372. The Morgan fingerprint density at radius 3 is 2.65 bits per heavy atom. The molecule has 9 nitrogen and oxygen atoms in total. The topological polar surface area (TPSA) is 103 Å². The number of hydrogen-bond donors (Lipinski definition) is 2. The summed E-state index contributed by atoms with van der Waals surface area (Å²) in [6.07, 6.45) is 11.6. The molecular formula is C25H30N6O3. The third-order valence-electron chi connectivity index (χ3n) is 6.42. The second kappa shape index (κ2) is 10.2. The zero-order chi connectivity index (χ0) is 23.3. The molecule has 3 aromatic heterocycles. The van der Waals surface area contributed by atoms with Gasteiger partial charge in [-0.2, -0.15) is 5.10 Å². The number of nitrogens with one attached hydrogen (secondary N) is 2. The zero-order valence-electron chi connectivity index (χ0n) is 19.2. The van der Waals surface area contributed by atoms with Gasteiger partial charge in [0.15, 0.2) is 5.69 Å². The van der Waals surface area contributed by atoms with Crippen LogP contribution in [0.2, 0.25) is 0 Å². The molecule has 1 saturated heterocycles. The maximum Gasteiger partial charge on any atom is 0.274 e. The highest BCUT2D eigenvalue weighted by atomic mass is 16.5. The van der Waals surface area contributed by atoms with Crippen LogP contribution in [0.5, 0.6) is 0 Å². The van der Waals surface area contributed by atoms with Crippen molar-refractivity contribution in [1.29, 1.82) is 0 Å². The van der Waals surface area contributed by atoms with Gasteiger partial charge in [0.05, 0.1) is 17.4 Å². The van der Waals surface area contributed by atoms with Gasteiger partial charge in [-0.25, -0.2) is 4.98 Å². The van der Waals surface area contributed by atoms with Gasteiger partial charge in [0.2, 0.25) is 0 Å². The summed E-state index contributed by atoms with van der Waals surface area (Å²) in [6.45, 7) is 2.82. The molecule has 5 heterocycles. The summed E-state index contributed by atoms with van der Waals surface area (Å²) in [4.78, 5) is 30.7. The van der Waals surface area contributed by atoms with E-state index < -0.39 is 0 Å². The molecule has 0 aromatic carbocycles. The van der Waals surface area contributed by atoms with Gasteiger partial charge in [-0.1, -0.05) is 18.9 Å². The number of amides is 2. The third-order valence-corrected chi connectivity index (χ3v) is 6.42. The highest BCUT2D eigenvalue weighted by molar-refractivity contribution is 6.07.